The van der Waals surface area contributed by atoms with Crippen molar-refractivity contribution in [3.05, 3.63) is 59.1 Å². The topological polar surface area (TPSA) is 96.0 Å². The molecule has 0 bridgehead atoms. The van der Waals surface area contributed by atoms with Gasteiger partial charge >= 0.3 is 0 Å². The number of rotatable bonds is 13. The molecule has 0 aliphatic heterocycles. The molecule has 1 unspecified atom stereocenters. The first-order chi connectivity index (χ1) is 16.6. The number of nitrogens with zero attached hydrogens (tertiary/aromatic N) is 2. The van der Waals surface area contributed by atoms with E-state index in [1.54, 1.807) is 55.5 Å². The third-order valence-electron chi connectivity index (χ3n) is 5.35. The average molecular weight is 524 g/mol. The Morgan fingerprint density at radius 1 is 1.06 bits per heavy atom. The molecule has 192 valence electrons. The second kappa shape index (κ2) is 13.3. The van der Waals surface area contributed by atoms with Crippen molar-refractivity contribution >= 4 is 39.1 Å². The molecule has 2 amide bonds. The smallest absolute Gasteiger partial charge is 0.244 e. The van der Waals surface area contributed by atoms with Gasteiger partial charge in [0.05, 0.1) is 18.6 Å². The fourth-order valence-corrected chi connectivity index (χ4v) is 4.68. The van der Waals surface area contributed by atoms with E-state index >= 15 is 0 Å². The van der Waals surface area contributed by atoms with Crippen LogP contribution in [0.25, 0.3) is 0 Å². The van der Waals surface area contributed by atoms with Gasteiger partial charge in [-0.1, -0.05) is 55.8 Å². The molecule has 2 aromatic rings. The van der Waals surface area contributed by atoms with Gasteiger partial charge in [0.1, 0.15) is 18.3 Å². The number of amides is 2. The number of hydrogen-bond acceptors (Lipinski definition) is 5. The molecular weight excluding hydrogens is 490 g/mol. The highest BCUT2D eigenvalue weighted by molar-refractivity contribution is 7.92. The van der Waals surface area contributed by atoms with Gasteiger partial charge in [0, 0.05) is 18.1 Å². The van der Waals surface area contributed by atoms with Crippen LogP contribution in [-0.2, 0) is 26.2 Å². The first kappa shape index (κ1) is 28.5. The van der Waals surface area contributed by atoms with Gasteiger partial charge in [-0.15, -0.1) is 0 Å². The summed E-state index contributed by atoms with van der Waals surface area (Å²) in [6.45, 7) is 5.90. The van der Waals surface area contributed by atoms with E-state index in [9.17, 15) is 18.0 Å². The van der Waals surface area contributed by atoms with Gasteiger partial charge in [0.2, 0.25) is 21.8 Å². The fourth-order valence-electron chi connectivity index (χ4n) is 3.63. The normalized spacial score (nSPS) is 12.0. The predicted octanol–water partition coefficient (Wildman–Crippen LogP) is 3.84. The second-order valence-electron chi connectivity index (χ2n) is 8.00. The van der Waals surface area contributed by atoms with Crippen LogP contribution >= 0.6 is 11.6 Å². The van der Waals surface area contributed by atoms with E-state index in [0.29, 0.717) is 35.9 Å². The Morgan fingerprint density at radius 3 is 2.31 bits per heavy atom. The van der Waals surface area contributed by atoms with Gasteiger partial charge in [0.15, 0.2) is 0 Å². The summed E-state index contributed by atoms with van der Waals surface area (Å²) in [6, 6.07) is 12.9. The second-order valence-corrected chi connectivity index (χ2v) is 10.3. The number of anilines is 1. The number of halogens is 1. The maximum atomic E-state index is 13.7. The Kier molecular flexibility index (Phi) is 10.9. The van der Waals surface area contributed by atoms with Crippen LogP contribution in [-0.4, -0.2) is 57.1 Å². The molecule has 10 heteroatoms. The van der Waals surface area contributed by atoms with Crippen molar-refractivity contribution in [2.45, 2.75) is 46.2 Å². The Bertz CT molecular complexity index is 1110. The van der Waals surface area contributed by atoms with E-state index in [0.717, 1.165) is 17.0 Å². The Labute approximate surface area is 213 Å². The first-order valence-corrected chi connectivity index (χ1v) is 13.9. The van der Waals surface area contributed by atoms with Crippen LogP contribution in [0.2, 0.25) is 5.02 Å². The number of benzene rings is 2. The van der Waals surface area contributed by atoms with Gasteiger partial charge in [-0.05, 0) is 43.5 Å². The van der Waals surface area contributed by atoms with Crippen LogP contribution in [0.5, 0.6) is 5.75 Å². The van der Waals surface area contributed by atoms with Gasteiger partial charge < -0.3 is 15.0 Å². The number of ether oxygens (including phenoxy) is 1. The van der Waals surface area contributed by atoms with E-state index in [2.05, 4.69) is 5.32 Å². The number of carbonyl (C=O) groups excluding carboxylic acids is 2. The van der Waals surface area contributed by atoms with E-state index in [1.165, 1.54) is 4.90 Å². The molecular formula is C25H34ClN3O5S. The molecule has 1 atom stereocenters. The minimum absolute atomic E-state index is 0.0568. The maximum absolute atomic E-state index is 13.7. The number of para-hydroxylation sites is 2. The van der Waals surface area contributed by atoms with E-state index in [1.807, 2.05) is 13.8 Å². The van der Waals surface area contributed by atoms with Crippen molar-refractivity contribution in [1.82, 2.24) is 10.2 Å². The standard InChI is InChI=1S/C25H34ClN3O5S/c1-5-16-27-25(31)21(6-2)28(17-19-12-8-9-13-20(19)26)24(30)18-29(35(4,32)33)22-14-10-11-15-23(22)34-7-3/h8-15,21H,5-7,16-18H2,1-4H3,(H,27,31). The molecule has 35 heavy (non-hydrogen) atoms. The van der Waals surface area contributed by atoms with Crippen LogP contribution in [0.3, 0.4) is 0 Å². The van der Waals surface area contributed by atoms with Gasteiger partial charge in [-0.3, -0.25) is 13.9 Å². The monoisotopic (exact) mass is 523 g/mol. The Morgan fingerprint density at radius 2 is 1.71 bits per heavy atom. The fraction of sp³-hybridized carbons (Fsp3) is 0.440. The van der Waals surface area contributed by atoms with Crippen LogP contribution in [0.15, 0.2) is 48.5 Å². The zero-order valence-electron chi connectivity index (χ0n) is 20.7. The summed E-state index contributed by atoms with van der Waals surface area (Å²) in [4.78, 5) is 28.0. The average Bonchev–Trinajstić information content (AvgIpc) is 2.82. The molecule has 0 heterocycles. The van der Waals surface area contributed by atoms with Crippen molar-refractivity contribution in [1.29, 1.82) is 0 Å². The van der Waals surface area contributed by atoms with Crippen molar-refractivity contribution in [3.8, 4) is 5.75 Å². The highest BCUT2D eigenvalue weighted by Gasteiger charge is 2.32. The third kappa shape index (κ3) is 7.86. The quantitative estimate of drug-likeness (QED) is 0.430. The summed E-state index contributed by atoms with van der Waals surface area (Å²) in [5.74, 6) is -0.478. The highest BCUT2D eigenvalue weighted by atomic mass is 35.5. The molecule has 0 radical (unpaired) electrons. The number of carbonyl (C=O) groups is 2. The van der Waals surface area contributed by atoms with Gasteiger partial charge in [0.25, 0.3) is 0 Å². The van der Waals surface area contributed by atoms with Crippen molar-refractivity contribution in [2.24, 2.45) is 0 Å². The lowest BCUT2D eigenvalue weighted by Gasteiger charge is -2.33. The van der Waals surface area contributed by atoms with E-state index < -0.39 is 28.5 Å². The Hall–Kier alpha value is -2.78. The van der Waals surface area contributed by atoms with Crippen LogP contribution in [0, 0.1) is 0 Å². The molecule has 0 saturated carbocycles. The molecule has 0 aliphatic rings. The lowest BCUT2D eigenvalue weighted by atomic mass is 10.1. The van der Waals surface area contributed by atoms with Gasteiger partial charge in [-0.25, -0.2) is 8.42 Å². The molecule has 0 fully saturated rings. The molecule has 0 aliphatic carbocycles. The lowest BCUT2D eigenvalue weighted by Crippen LogP contribution is -2.52. The number of nitrogens with one attached hydrogen (secondary N) is 1. The molecule has 2 aromatic carbocycles. The summed E-state index contributed by atoms with van der Waals surface area (Å²) in [5, 5.41) is 3.30. The summed E-state index contributed by atoms with van der Waals surface area (Å²) >= 11 is 6.35. The van der Waals surface area contributed by atoms with Crippen LogP contribution < -0.4 is 14.4 Å². The zero-order valence-corrected chi connectivity index (χ0v) is 22.2. The molecule has 2 rings (SSSR count). The maximum Gasteiger partial charge on any atom is 0.244 e. The lowest BCUT2D eigenvalue weighted by molar-refractivity contribution is -0.140. The number of hydrogen-bond donors (Lipinski definition) is 1. The predicted molar refractivity (Wildman–Crippen MR) is 139 cm³/mol. The van der Waals surface area contributed by atoms with E-state index in [4.69, 9.17) is 16.3 Å². The molecule has 1 N–H and O–H groups in total. The SMILES string of the molecule is CCCNC(=O)C(CC)N(Cc1ccccc1Cl)C(=O)CN(c1ccccc1OCC)S(C)(=O)=O. The molecule has 0 saturated heterocycles. The summed E-state index contributed by atoms with van der Waals surface area (Å²) in [5.41, 5.74) is 0.913. The van der Waals surface area contributed by atoms with Gasteiger partial charge in [-0.2, -0.15) is 0 Å². The van der Waals surface area contributed by atoms with E-state index in [-0.39, 0.29) is 18.1 Å². The minimum Gasteiger partial charge on any atom is -0.492 e. The molecule has 0 spiro atoms. The van der Waals surface area contributed by atoms with Crippen LogP contribution in [0.4, 0.5) is 5.69 Å². The van der Waals surface area contributed by atoms with Crippen molar-refractivity contribution in [3.63, 3.8) is 0 Å². The highest BCUT2D eigenvalue weighted by Crippen LogP contribution is 2.30. The third-order valence-corrected chi connectivity index (χ3v) is 6.84. The van der Waals surface area contributed by atoms with Crippen molar-refractivity contribution in [2.75, 3.05) is 30.3 Å². The minimum atomic E-state index is -3.86. The first-order valence-electron chi connectivity index (χ1n) is 11.6. The summed E-state index contributed by atoms with van der Waals surface area (Å²) < 4.78 is 32.2. The Balaban J connectivity index is 2.48. The zero-order chi connectivity index (χ0) is 26.0. The molecule has 0 aromatic heterocycles. The summed E-state index contributed by atoms with van der Waals surface area (Å²) in [7, 11) is -3.86. The molecule has 8 nitrogen and oxygen atoms in total. The van der Waals surface area contributed by atoms with Crippen molar-refractivity contribution < 1.29 is 22.7 Å². The van der Waals surface area contributed by atoms with Crippen LogP contribution in [0.1, 0.15) is 39.2 Å². The summed E-state index contributed by atoms with van der Waals surface area (Å²) in [6.07, 6.45) is 2.13. The largest absolute Gasteiger partial charge is 0.492 e. The number of sulfonamides is 1.